The van der Waals surface area contributed by atoms with Crippen LogP contribution < -0.4 is 5.32 Å². The number of anilines is 1. The van der Waals surface area contributed by atoms with E-state index in [1.54, 1.807) is 13.1 Å². The number of H-pyrrole nitrogens is 1. The highest BCUT2D eigenvalue weighted by atomic mass is 16.6. The highest BCUT2D eigenvalue weighted by molar-refractivity contribution is 5.98. The summed E-state index contributed by atoms with van der Waals surface area (Å²) in [6.07, 6.45) is 1.79. The zero-order valence-corrected chi connectivity index (χ0v) is 16.6. The number of nitriles is 1. The van der Waals surface area contributed by atoms with Crippen molar-refractivity contribution in [2.75, 3.05) is 11.9 Å². The number of carbonyl (C=O) groups excluding carboxylic acids is 1. The van der Waals surface area contributed by atoms with Crippen molar-refractivity contribution in [3.8, 4) is 17.2 Å². The normalized spacial score (nSPS) is 10.3. The van der Waals surface area contributed by atoms with Crippen molar-refractivity contribution >= 4 is 17.3 Å². The molecule has 30 heavy (non-hydrogen) atoms. The zero-order valence-electron chi connectivity index (χ0n) is 16.6. The second-order valence-electron chi connectivity index (χ2n) is 6.56. The Balaban J connectivity index is 1.85. The van der Waals surface area contributed by atoms with Crippen molar-refractivity contribution in [2.24, 2.45) is 0 Å². The van der Waals surface area contributed by atoms with E-state index >= 15 is 0 Å². The summed E-state index contributed by atoms with van der Waals surface area (Å²) in [6, 6.07) is 14.0. The van der Waals surface area contributed by atoms with Crippen LogP contribution in [-0.2, 0) is 11.3 Å². The molecule has 0 saturated carbocycles. The fourth-order valence-corrected chi connectivity index (χ4v) is 3.22. The SMILES string of the molecule is CCOC(=O)c1cccc([N+](=O)[O-])c1NCc1ccc(-c2c(C)c[nH]c2C#N)cc1. The maximum absolute atomic E-state index is 12.2. The lowest BCUT2D eigenvalue weighted by atomic mass is 10.0. The van der Waals surface area contributed by atoms with Gasteiger partial charge in [-0.2, -0.15) is 5.26 Å². The van der Waals surface area contributed by atoms with Crippen LogP contribution in [0.4, 0.5) is 11.4 Å². The van der Waals surface area contributed by atoms with Crippen LogP contribution >= 0.6 is 0 Å². The second kappa shape index (κ2) is 8.92. The molecule has 0 aliphatic heterocycles. The molecular weight excluding hydrogens is 384 g/mol. The first-order chi connectivity index (χ1) is 14.5. The maximum Gasteiger partial charge on any atom is 0.340 e. The van der Waals surface area contributed by atoms with Gasteiger partial charge in [-0.15, -0.1) is 0 Å². The molecule has 2 N–H and O–H groups in total. The summed E-state index contributed by atoms with van der Waals surface area (Å²) in [4.78, 5) is 26.0. The van der Waals surface area contributed by atoms with Crippen LogP contribution in [0.2, 0.25) is 0 Å². The summed E-state index contributed by atoms with van der Waals surface area (Å²) in [7, 11) is 0. The van der Waals surface area contributed by atoms with E-state index in [1.165, 1.54) is 18.2 Å². The number of ether oxygens (including phenoxy) is 1. The van der Waals surface area contributed by atoms with Crippen molar-refractivity contribution < 1.29 is 14.5 Å². The van der Waals surface area contributed by atoms with Gasteiger partial charge < -0.3 is 15.0 Å². The third-order valence-electron chi connectivity index (χ3n) is 4.64. The van der Waals surface area contributed by atoms with E-state index in [0.717, 1.165) is 22.3 Å². The van der Waals surface area contributed by atoms with E-state index in [2.05, 4.69) is 16.4 Å². The molecule has 0 atom stereocenters. The fourth-order valence-electron chi connectivity index (χ4n) is 3.22. The van der Waals surface area contributed by atoms with Crippen molar-refractivity contribution in [1.29, 1.82) is 5.26 Å². The molecule has 0 radical (unpaired) electrons. The predicted molar refractivity (Wildman–Crippen MR) is 112 cm³/mol. The van der Waals surface area contributed by atoms with E-state index in [-0.39, 0.29) is 30.1 Å². The van der Waals surface area contributed by atoms with Crippen LogP contribution in [0, 0.1) is 28.4 Å². The fraction of sp³-hybridized carbons (Fsp3) is 0.182. The molecule has 3 rings (SSSR count). The highest BCUT2D eigenvalue weighted by Crippen LogP contribution is 2.30. The number of nitro groups is 1. The number of nitro benzene ring substituents is 1. The van der Waals surface area contributed by atoms with E-state index in [0.29, 0.717) is 5.69 Å². The van der Waals surface area contributed by atoms with Gasteiger partial charge in [-0.25, -0.2) is 4.79 Å². The average molecular weight is 404 g/mol. The van der Waals surface area contributed by atoms with Gasteiger partial charge in [0.2, 0.25) is 0 Å². The largest absolute Gasteiger partial charge is 0.462 e. The van der Waals surface area contributed by atoms with E-state index in [1.807, 2.05) is 31.2 Å². The van der Waals surface area contributed by atoms with Gasteiger partial charge in [0, 0.05) is 24.4 Å². The molecule has 8 heteroatoms. The lowest BCUT2D eigenvalue weighted by molar-refractivity contribution is -0.384. The number of hydrogen-bond acceptors (Lipinski definition) is 6. The minimum Gasteiger partial charge on any atom is -0.462 e. The molecule has 1 aromatic heterocycles. The first kappa shape index (κ1) is 20.6. The molecule has 152 valence electrons. The molecule has 3 aromatic rings. The maximum atomic E-state index is 12.2. The molecule has 0 aliphatic carbocycles. The summed E-state index contributed by atoms with van der Waals surface area (Å²) in [5.41, 5.74) is 4.11. The number of nitrogens with one attached hydrogen (secondary N) is 2. The van der Waals surface area contributed by atoms with Crippen molar-refractivity contribution in [2.45, 2.75) is 20.4 Å². The Morgan fingerprint density at radius 1 is 1.27 bits per heavy atom. The number of esters is 1. The minimum absolute atomic E-state index is 0.115. The first-order valence-corrected chi connectivity index (χ1v) is 9.32. The summed E-state index contributed by atoms with van der Waals surface area (Å²) in [5, 5.41) is 23.7. The number of aryl methyl sites for hydroxylation is 1. The Morgan fingerprint density at radius 3 is 2.63 bits per heavy atom. The smallest absolute Gasteiger partial charge is 0.340 e. The Morgan fingerprint density at radius 2 is 2.00 bits per heavy atom. The quantitative estimate of drug-likeness (QED) is 0.338. The molecule has 0 bridgehead atoms. The van der Waals surface area contributed by atoms with Gasteiger partial charge in [-0.1, -0.05) is 30.3 Å². The summed E-state index contributed by atoms with van der Waals surface area (Å²) in [5.74, 6) is -0.619. The van der Waals surface area contributed by atoms with Gasteiger partial charge in [0.15, 0.2) is 0 Å². The second-order valence-corrected chi connectivity index (χ2v) is 6.56. The van der Waals surface area contributed by atoms with E-state index in [4.69, 9.17) is 4.74 Å². The van der Waals surface area contributed by atoms with Crippen LogP contribution in [0.3, 0.4) is 0 Å². The number of nitrogens with zero attached hydrogens (tertiary/aromatic N) is 2. The number of rotatable bonds is 7. The standard InChI is InChI=1S/C22H20N4O4/c1-3-30-22(27)17-5-4-6-19(26(28)29)21(17)25-13-15-7-9-16(10-8-15)20-14(2)12-24-18(20)11-23/h4-10,12,24-25H,3,13H2,1-2H3. The molecule has 0 amide bonds. The van der Waals surface area contributed by atoms with Crippen molar-refractivity contribution in [3.63, 3.8) is 0 Å². The van der Waals surface area contributed by atoms with Gasteiger partial charge in [-0.3, -0.25) is 10.1 Å². The van der Waals surface area contributed by atoms with Crippen molar-refractivity contribution in [1.82, 2.24) is 4.98 Å². The van der Waals surface area contributed by atoms with E-state index < -0.39 is 10.9 Å². The first-order valence-electron chi connectivity index (χ1n) is 9.32. The van der Waals surface area contributed by atoms with Crippen LogP contribution in [-0.4, -0.2) is 22.5 Å². The molecule has 0 spiro atoms. The van der Waals surface area contributed by atoms with Gasteiger partial charge in [0.25, 0.3) is 5.69 Å². The van der Waals surface area contributed by atoms with Gasteiger partial charge in [-0.05, 0) is 36.6 Å². The molecule has 2 aromatic carbocycles. The topological polar surface area (TPSA) is 121 Å². The third-order valence-corrected chi connectivity index (χ3v) is 4.64. The van der Waals surface area contributed by atoms with Crippen LogP contribution in [0.5, 0.6) is 0 Å². The molecule has 8 nitrogen and oxygen atoms in total. The Labute approximate surface area is 173 Å². The monoisotopic (exact) mass is 404 g/mol. The molecule has 0 aliphatic rings. The number of benzene rings is 2. The summed E-state index contributed by atoms with van der Waals surface area (Å²) >= 11 is 0. The number of hydrogen-bond donors (Lipinski definition) is 2. The van der Waals surface area contributed by atoms with Crippen molar-refractivity contribution in [3.05, 3.63) is 81.2 Å². The minimum atomic E-state index is -0.619. The molecular formula is C22H20N4O4. The number of aromatic nitrogens is 1. The lowest BCUT2D eigenvalue weighted by Crippen LogP contribution is -2.11. The number of carbonyl (C=O) groups is 1. The summed E-state index contributed by atoms with van der Waals surface area (Å²) in [6.45, 7) is 4.04. The molecule has 1 heterocycles. The van der Waals surface area contributed by atoms with E-state index in [9.17, 15) is 20.2 Å². The zero-order chi connectivity index (χ0) is 21.7. The number of para-hydroxylation sites is 1. The average Bonchev–Trinajstić information content (AvgIpc) is 3.13. The Hall–Kier alpha value is -4.12. The van der Waals surface area contributed by atoms with Gasteiger partial charge >= 0.3 is 5.97 Å². The van der Waals surface area contributed by atoms with Crippen LogP contribution in [0.25, 0.3) is 11.1 Å². The molecule has 0 fully saturated rings. The van der Waals surface area contributed by atoms with Crippen LogP contribution in [0.1, 0.15) is 34.1 Å². The third kappa shape index (κ3) is 4.15. The highest BCUT2D eigenvalue weighted by Gasteiger charge is 2.22. The molecule has 0 saturated heterocycles. The van der Waals surface area contributed by atoms with Gasteiger partial charge in [0.1, 0.15) is 17.5 Å². The predicted octanol–water partition coefficient (Wildman–Crippen LogP) is 4.56. The van der Waals surface area contributed by atoms with Gasteiger partial charge in [0.05, 0.1) is 17.1 Å². The Kier molecular flexibility index (Phi) is 6.13. The summed E-state index contributed by atoms with van der Waals surface area (Å²) < 4.78 is 5.01. The number of aromatic amines is 1. The van der Waals surface area contributed by atoms with Crippen LogP contribution in [0.15, 0.2) is 48.7 Å². The molecule has 0 unspecified atom stereocenters. The lowest BCUT2D eigenvalue weighted by Gasteiger charge is -2.12. The Bertz CT molecular complexity index is 1130.